The number of nitro benzene ring substituents is 2. The van der Waals surface area contributed by atoms with Gasteiger partial charge in [0.2, 0.25) is 0 Å². The van der Waals surface area contributed by atoms with E-state index >= 15 is 0 Å². The first-order chi connectivity index (χ1) is 11.4. The Morgan fingerprint density at radius 2 is 1.79 bits per heavy atom. The maximum absolute atomic E-state index is 11.1. The molecule has 0 radical (unpaired) electrons. The summed E-state index contributed by atoms with van der Waals surface area (Å²) in [5, 5.41) is 26.6. The van der Waals surface area contributed by atoms with E-state index in [-0.39, 0.29) is 11.4 Å². The first kappa shape index (κ1) is 17.4. The summed E-state index contributed by atoms with van der Waals surface area (Å²) >= 11 is 5.84. The summed E-state index contributed by atoms with van der Waals surface area (Å²) in [4.78, 5) is 20.4. The zero-order valence-electron chi connectivity index (χ0n) is 12.6. The smallest absolute Gasteiger partial charge is 0.271 e. The number of anilines is 1. The molecule has 0 aromatic heterocycles. The van der Waals surface area contributed by atoms with Crippen LogP contribution in [0, 0.1) is 20.2 Å². The zero-order chi connectivity index (χ0) is 17.7. The molecule has 2 aromatic rings. The number of halogens is 1. The van der Waals surface area contributed by atoms with Crippen LogP contribution in [0.2, 0.25) is 5.02 Å². The van der Waals surface area contributed by atoms with Gasteiger partial charge in [0.05, 0.1) is 21.6 Å². The van der Waals surface area contributed by atoms with Crippen molar-refractivity contribution in [1.82, 2.24) is 0 Å². The van der Waals surface area contributed by atoms with Crippen molar-refractivity contribution in [1.29, 1.82) is 0 Å². The maximum Gasteiger partial charge on any atom is 0.301 e. The van der Waals surface area contributed by atoms with Gasteiger partial charge in [0.1, 0.15) is 5.69 Å². The van der Waals surface area contributed by atoms with Crippen LogP contribution in [0.5, 0.6) is 0 Å². The molecule has 0 aliphatic heterocycles. The summed E-state index contributed by atoms with van der Waals surface area (Å²) in [5.41, 5.74) is 3.40. The minimum absolute atomic E-state index is 0.0745. The number of nitro groups is 2. The van der Waals surface area contributed by atoms with Crippen LogP contribution in [0.1, 0.15) is 18.9 Å². The molecule has 124 valence electrons. The first-order valence-electron chi connectivity index (χ1n) is 6.93. The Balaban J connectivity index is 2.33. The molecule has 0 atom stereocenters. The number of hydrogen-bond acceptors (Lipinski definition) is 6. The van der Waals surface area contributed by atoms with Gasteiger partial charge in [-0.25, -0.2) is 0 Å². The van der Waals surface area contributed by atoms with Crippen LogP contribution in [-0.4, -0.2) is 15.6 Å². The molecule has 2 aromatic carbocycles. The summed E-state index contributed by atoms with van der Waals surface area (Å²) < 4.78 is 0. The lowest BCUT2D eigenvalue weighted by Crippen LogP contribution is -2.04. The lowest BCUT2D eigenvalue weighted by molar-refractivity contribution is -0.393. The Morgan fingerprint density at radius 1 is 1.12 bits per heavy atom. The van der Waals surface area contributed by atoms with Gasteiger partial charge in [-0.05, 0) is 30.2 Å². The Morgan fingerprint density at radius 3 is 2.33 bits per heavy atom. The first-order valence-corrected chi connectivity index (χ1v) is 7.31. The van der Waals surface area contributed by atoms with E-state index in [0.29, 0.717) is 17.2 Å². The third kappa shape index (κ3) is 4.05. The summed E-state index contributed by atoms with van der Waals surface area (Å²) in [6.45, 7) is 1.89. The highest BCUT2D eigenvalue weighted by molar-refractivity contribution is 6.30. The molecule has 0 fully saturated rings. The van der Waals surface area contributed by atoms with E-state index < -0.39 is 15.5 Å². The van der Waals surface area contributed by atoms with E-state index in [1.165, 1.54) is 12.1 Å². The number of nitrogens with zero attached hydrogens (tertiary/aromatic N) is 3. The van der Waals surface area contributed by atoms with Crippen LogP contribution < -0.4 is 5.43 Å². The van der Waals surface area contributed by atoms with Crippen molar-refractivity contribution < 1.29 is 9.85 Å². The molecule has 9 heteroatoms. The van der Waals surface area contributed by atoms with Gasteiger partial charge in [0.15, 0.2) is 0 Å². The van der Waals surface area contributed by atoms with E-state index in [0.717, 1.165) is 11.6 Å². The van der Waals surface area contributed by atoms with Crippen molar-refractivity contribution in [2.75, 3.05) is 5.43 Å². The monoisotopic (exact) mass is 348 g/mol. The van der Waals surface area contributed by atoms with Crippen LogP contribution in [0.25, 0.3) is 0 Å². The van der Waals surface area contributed by atoms with Gasteiger partial charge in [-0.15, -0.1) is 0 Å². The average Bonchev–Trinajstić information content (AvgIpc) is 2.56. The average molecular weight is 349 g/mol. The molecule has 0 saturated carbocycles. The number of benzene rings is 2. The zero-order valence-corrected chi connectivity index (χ0v) is 13.4. The van der Waals surface area contributed by atoms with Crippen molar-refractivity contribution in [2.24, 2.45) is 5.10 Å². The molecule has 0 spiro atoms. The van der Waals surface area contributed by atoms with Crippen LogP contribution in [0.15, 0.2) is 47.6 Å². The summed E-state index contributed by atoms with van der Waals surface area (Å²) in [7, 11) is 0. The van der Waals surface area contributed by atoms with E-state index in [9.17, 15) is 20.2 Å². The number of nitrogens with one attached hydrogen (secondary N) is 1. The fraction of sp³-hybridized carbons (Fsp3) is 0.133. The highest BCUT2D eigenvalue weighted by Crippen LogP contribution is 2.29. The SMILES string of the molecule is CC/C(=N\Nc1ccc([N+](=O)[O-])cc1[N+](=O)[O-])c1ccc(Cl)cc1. The number of hydrazone groups is 1. The third-order valence-corrected chi connectivity index (χ3v) is 3.46. The normalized spacial score (nSPS) is 11.2. The molecule has 8 nitrogen and oxygen atoms in total. The molecule has 1 N–H and O–H groups in total. The van der Waals surface area contributed by atoms with Gasteiger partial charge < -0.3 is 0 Å². The molecular formula is C15H13ClN4O4. The van der Waals surface area contributed by atoms with Crippen molar-refractivity contribution in [3.05, 3.63) is 73.3 Å². The lowest BCUT2D eigenvalue weighted by Gasteiger charge is -2.07. The third-order valence-electron chi connectivity index (χ3n) is 3.21. The molecule has 2 rings (SSSR count). The van der Waals surface area contributed by atoms with Gasteiger partial charge in [-0.1, -0.05) is 30.7 Å². The number of rotatable bonds is 6. The standard InChI is InChI=1S/C15H13ClN4O4/c1-2-13(10-3-5-11(16)6-4-10)17-18-14-8-7-12(19(21)22)9-15(14)20(23)24/h3-9,18H,2H2,1H3/b17-13+. The Bertz CT molecular complexity index is 806. The van der Waals surface area contributed by atoms with Gasteiger partial charge in [0.25, 0.3) is 5.69 Å². The Hall–Kier alpha value is -3.00. The number of non-ortho nitro benzene ring substituents is 1. The Kier molecular flexibility index (Phi) is 5.43. The van der Waals surface area contributed by atoms with Crippen LogP contribution in [-0.2, 0) is 0 Å². The highest BCUT2D eigenvalue weighted by Gasteiger charge is 2.19. The maximum atomic E-state index is 11.1. The van der Waals surface area contributed by atoms with Gasteiger partial charge in [-0.3, -0.25) is 25.7 Å². The van der Waals surface area contributed by atoms with Crippen molar-refractivity contribution in [3.8, 4) is 0 Å². The van der Waals surface area contributed by atoms with E-state index in [4.69, 9.17) is 11.6 Å². The van der Waals surface area contributed by atoms with E-state index in [2.05, 4.69) is 10.5 Å². The van der Waals surface area contributed by atoms with Crippen LogP contribution >= 0.6 is 11.6 Å². The van der Waals surface area contributed by atoms with Crippen molar-refractivity contribution in [3.63, 3.8) is 0 Å². The highest BCUT2D eigenvalue weighted by atomic mass is 35.5. The molecule has 0 aliphatic rings. The lowest BCUT2D eigenvalue weighted by atomic mass is 10.1. The molecule has 24 heavy (non-hydrogen) atoms. The minimum Gasteiger partial charge on any atom is -0.271 e. The van der Waals surface area contributed by atoms with Crippen molar-refractivity contribution in [2.45, 2.75) is 13.3 Å². The Labute approximate surface area is 142 Å². The number of hydrogen-bond donors (Lipinski definition) is 1. The van der Waals surface area contributed by atoms with Gasteiger partial charge in [-0.2, -0.15) is 5.10 Å². The predicted octanol–water partition coefficient (Wildman–Crippen LogP) is 4.38. The van der Waals surface area contributed by atoms with E-state index in [1.54, 1.807) is 24.3 Å². The molecule has 0 heterocycles. The molecular weight excluding hydrogens is 336 g/mol. The molecule has 0 amide bonds. The second-order valence-electron chi connectivity index (χ2n) is 4.75. The van der Waals surface area contributed by atoms with Gasteiger partial charge >= 0.3 is 5.69 Å². The van der Waals surface area contributed by atoms with Crippen molar-refractivity contribution >= 4 is 34.4 Å². The second kappa shape index (κ2) is 7.51. The predicted molar refractivity (Wildman–Crippen MR) is 91.7 cm³/mol. The van der Waals surface area contributed by atoms with Crippen LogP contribution in [0.4, 0.5) is 17.1 Å². The molecule has 0 unspecified atom stereocenters. The summed E-state index contributed by atoms with van der Waals surface area (Å²) in [6, 6.07) is 10.3. The molecule has 0 aliphatic carbocycles. The fourth-order valence-corrected chi connectivity index (χ4v) is 2.12. The largest absolute Gasteiger partial charge is 0.301 e. The van der Waals surface area contributed by atoms with Crippen LogP contribution in [0.3, 0.4) is 0 Å². The second-order valence-corrected chi connectivity index (χ2v) is 5.18. The topological polar surface area (TPSA) is 111 Å². The summed E-state index contributed by atoms with van der Waals surface area (Å²) in [6.07, 6.45) is 0.579. The molecule has 0 bridgehead atoms. The summed E-state index contributed by atoms with van der Waals surface area (Å²) in [5.74, 6) is 0. The molecule has 0 saturated heterocycles. The van der Waals surface area contributed by atoms with E-state index in [1.807, 2.05) is 6.92 Å². The quantitative estimate of drug-likeness (QED) is 0.473. The fourth-order valence-electron chi connectivity index (χ4n) is 2.00. The minimum atomic E-state index is -0.696. The van der Waals surface area contributed by atoms with Gasteiger partial charge in [0, 0.05) is 11.1 Å².